The molecule has 1 N–H and O–H groups in total. The average Bonchev–Trinajstić information content (AvgIpc) is 3.38. The third kappa shape index (κ3) is 3.53. The van der Waals surface area contributed by atoms with E-state index in [-0.39, 0.29) is 0 Å². The van der Waals surface area contributed by atoms with Gasteiger partial charge in [0.25, 0.3) is 0 Å². The Hall–Kier alpha value is -3.41. The topological polar surface area (TPSA) is 72.9 Å². The van der Waals surface area contributed by atoms with Crippen molar-refractivity contribution in [2.24, 2.45) is 5.92 Å². The first kappa shape index (κ1) is 17.7. The summed E-state index contributed by atoms with van der Waals surface area (Å²) in [6, 6.07) is 12.3. The van der Waals surface area contributed by atoms with Gasteiger partial charge in [0.15, 0.2) is 0 Å². The van der Waals surface area contributed by atoms with Crippen LogP contribution in [0.25, 0.3) is 22.0 Å². The Bertz CT molecular complexity index is 1150. The van der Waals surface area contributed by atoms with Crippen molar-refractivity contribution in [1.29, 1.82) is 0 Å². The Morgan fingerprint density at radius 3 is 2.86 bits per heavy atom. The second kappa shape index (κ2) is 7.20. The number of nitrogens with zero attached hydrogens (tertiary/aromatic N) is 3. The number of aromatic nitrogens is 4. The second-order valence-corrected chi connectivity index (χ2v) is 7.45. The predicted octanol–water partition coefficient (Wildman–Crippen LogP) is 4.52. The van der Waals surface area contributed by atoms with Crippen LogP contribution in [0.1, 0.15) is 23.9 Å². The van der Waals surface area contributed by atoms with Crippen molar-refractivity contribution >= 4 is 10.9 Å². The molecular weight excluding hydrogens is 364 g/mol. The molecule has 5 rings (SSSR count). The molecule has 3 heterocycles. The number of methoxy groups -OCH3 is 1. The smallest absolute Gasteiger partial charge is 0.224 e. The number of nitrogens with one attached hydrogen (secondary N) is 1. The average molecular weight is 386 g/mol. The lowest BCUT2D eigenvalue weighted by molar-refractivity contribution is 0.285. The van der Waals surface area contributed by atoms with E-state index < -0.39 is 0 Å². The first-order valence-corrected chi connectivity index (χ1v) is 9.75. The molecule has 1 unspecified atom stereocenters. The van der Waals surface area contributed by atoms with E-state index in [4.69, 9.17) is 9.47 Å². The van der Waals surface area contributed by atoms with Gasteiger partial charge >= 0.3 is 0 Å². The molecule has 1 aliphatic rings. The van der Waals surface area contributed by atoms with Crippen molar-refractivity contribution in [2.45, 2.75) is 19.3 Å². The number of aromatic amines is 1. The first-order valence-electron chi connectivity index (χ1n) is 9.75. The number of rotatable bonds is 6. The van der Waals surface area contributed by atoms with Gasteiger partial charge in [-0.2, -0.15) is 4.98 Å². The molecule has 1 aromatic carbocycles. The molecule has 6 nitrogen and oxygen atoms in total. The molecule has 4 aromatic rings. The molecule has 146 valence electrons. The summed E-state index contributed by atoms with van der Waals surface area (Å²) in [4.78, 5) is 16.7. The van der Waals surface area contributed by atoms with E-state index in [1.165, 1.54) is 0 Å². The highest BCUT2D eigenvalue weighted by Gasteiger charge is 2.40. The molecule has 3 aromatic heterocycles. The number of benzene rings is 1. The molecule has 29 heavy (non-hydrogen) atoms. The molecule has 0 amide bonds. The summed E-state index contributed by atoms with van der Waals surface area (Å²) < 4.78 is 11.4. The lowest BCUT2D eigenvalue weighted by Gasteiger charge is -2.11. The minimum Gasteiger partial charge on any atom is -0.495 e. The molecular formula is C23H22N4O2. The number of ether oxygens (including phenoxy) is 2. The van der Waals surface area contributed by atoms with Crippen LogP contribution < -0.4 is 9.47 Å². The third-order valence-corrected chi connectivity index (χ3v) is 5.47. The minimum absolute atomic E-state index is 0.434. The van der Waals surface area contributed by atoms with E-state index in [1.807, 2.05) is 31.5 Å². The van der Waals surface area contributed by atoms with Crippen LogP contribution in [0.3, 0.4) is 0 Å². The highest BCUT2D eigenvalue weighted by molar-refractivity contribution is 5.85. The van der Waals surface area contributed by atoms with Crippen molar-refractivity contribution in [2.75, 3.05) is 13.7 Å². The normalized spacial score (nSPS) is 18.0. The van der Waals surface area contributed by atoms with Crippen LogP contribution in [0.2, 0.25) is 0 Å². The van der Waals surface area contributed by atoms with E-state index in [1.54, 1.807) is 13.3 Å². The van der Waals surface area contributed by atoms with Crippen LogP contribution in [-0.2, 0) is 0 Å². The van der Waals surface area contributed by atoms with Crippen molar-refractivity contribution in [3.63, 3.8) is 0 Å². The fourth-order valence-electron chi connectivity index (χ4n) is 3.69. The summed E-state index contributed by atoms with van der Waals surface area (Å²) in [6.07, 6.45) is 6.64. The predicted molar refractivity (Wildman–Crippen MR) is 111 cm³/mol. The fraction of sp³-hybridized carbons (Fsp3) is 0.261. The summed E-state index contributed by atoms with van der Waals surface area (Å²) in [7, 11) is 1.65. The van der Waals surface area contributed by atoms with E-state index >= 15 is 0 Å². The minimum atomic E-state index is 0.434. The quantitative estimate of drug-likeness (QED) is 0.527. The zero-order chi connectivity index (χ0) is 19.8. The summed E-state index contributed by atoms with van der Waals surface area (Å²) in [5.41, 5.74) is 4.17. The maximum absolute atomic E-state index is 6.18. The van der Waals surface area contributed by atoms with Gasteiger partial charge in [-0.05, 0) is 54.6 Å². The van der Waals surface area contributed by atoms with Crippen LogP contribution in [0, 0.1) is 12.8 Å². The molecule has 1 aliphatic carbocycles. The van der Waals surface area contributed by atoms with Crippen molar-refractivity contribution in [3.8, 4) is 22.8 Å². The van der Waals surface area contributed by atoms with E-state index in [9.17, 15) is 0 Å². The van der Waals surface area contributed by atoms with Gasteiger partial charge in [0.05, 0.1) is 25.5 Å². The number of hydrogen-bond donors (Lipinski definition) is 1. The SMILES string of the molecule is COc1ccc(C2C[C@@H]2COc2nc(C)ncc2-c2ccc3[nH]ccc3c2)nc1. The largest absolute Gasteiger partial charge is 0.495 e. The summed E-state index contributed by atoms with van der Waals surface area (Å²) in [5.74, 6) is 3.01. The lowest BCUT2D eigenvalue weighted by Crippen LogP contribution is -2.05. The fourth-order valence-corrected chi connectivity index (χ4v) is 3.69. The first-order chi connectivity index (χ1) is 14.2. The number of fused-ring (bicyclic) bond motifs is 1. The Labute approximate surface area is 169 Å². The van der Waals surface area contributed by atoms with Gasteiger partial charge in [0.1, 0.15) is 11.6 Å². The Kier molecular flexibility index (Phi) is 4.39. The summed E-state index contributed by atoms with van der Waals surface area (Å²) >= 11 is 0. The van der Waals surface area contributed by atoms with Crippen LogP contribution >= 0.6 is 0 Å². The van der Waals surface area contributed by atoms with Gasteiger partial charge in [-0.3, -0.25) is 4.98 Å². The van der Waals surface area contributed by atoms with Gasteiger partial charge in [-0.25, -0.2) is 4.98 Å². The number of aryl methyl sites for hydroxylation is 1. The standard InChI is InChI=1S/C23H22N4O2/c1-14-25-12-20(15-3-5-21-16(9-15)7-8-24-21)23(27-14)29-13-17-10-19(17)22-6-4-18(28-2)11-26-22/h3-9,11-12,17,19,24H,10,13H2,1-2H3/t17-,19?/m1/s1. The zero-order valence-electron chi connectivity index (χ0n) is 16.4. The number of H-pyrrole nitrogens is 1. The molecule has 2 atom stereocenters. The Morgan fingerprint density at radius 1 is 1.10 bits per heavy atom. The van der Waals surface area contributed by atoms with Gasteiger partial charge in [0.2, 0.25) is 5.88 Å². The maximum atomic E-state index is 6.18. The number of hydrogen-bond acceptors (Lipinski definition) is 5. The van der Waals surface area contributed by atoms with Crippen molar-refractivity contribution in [3.05, 3.63) is 66.5 Å². The molecule has 0 bridgehead atoms. The molecule has 0 saturated heterocycles. The summed E-state index contributed by atoms with van der Waals surface area (Å²) in [6.45, 7) is 2.50. The van der Waals surface area contributed by atoms with Crippen LogP contribution in [-0.4, -0.2) is 33.7 Å². The summed E-state index contributed by atoms with van der Waals surface area (Å²) in [5, 5.41) is 1.15. The molecule has 6 heteroatoms. The third-order valence-electron chi connectivity index (χ3n) is 5.47. The van der Waals surface area contributed by atoms with Gasteiger partial charge in [-0.15, -0.1) is 0 Å². The van der Waals surface area contributed by atoms with E-state index in [2.05, 4.69) is 44.2 Å². The molecule has 0 radical (unpaired) electrons. The number of pyridine rings is 1. The van der Waals surface area contributed by atoms with Crippen LogP contribution in [0.5, 0.6) is 11.6 Å². The zero-order valence-corrected chi connectivity index (χ0v) is 16.4. The maximum Gasteiger partial charge on any atom is 0.224 e. The van der Waals surface area contributed by atoms with Gasteiger partial charge < -0.3 is 14.5 Å². The monoisotopic (exact) mass is 386 g/mol. The highest BCUT2D eigenvalue weighted by Crippen LogP contribution is 2.47. The highest BCUT2D eigenvalue weighted by atomic mass is 16.5. The van der Waals surface area contributed by atoms with E-state index in [0.717, 1.165) is 39.9 Å². The molecule has 0 aliphatic heterocycles. The van der Waals surface area contributed by atoms with Crippen LogP contribution in [0.15, 0.2) is 55.0 Å². The van der Waals surface area contributed by atoms with Gasteiger partial charge in [0, 0.05) is 35.4 Å². The second-order valence-electron chi connectivity index (χ2n) is 7.45. The molecule has 1 saturated carbocycles. The van der Waals surface area contributed by atoms with E-state index in [0.29, 0.717) is 30.1 Å². The van der Waals surface area contributed by atoms with Crippen LogP contribution in [0.4, 0.5) is 0 Å². The lowest BCUT2D eigenvalue weighted by atomic mass is 10.1. The Morgan fingerprint density at radius 2 is 2.03 bits per heavy atom. The Balaban J connectivity index is 1.33. The van der Waals surface area contributed by atoms with Gasteiger partial charge in [-0.1, -0.05) is 6.07 Å². The van der Waals surface area contributed by atoms with Crippen molar-refractivity contribution < 1.29 is 9.47 Å². The molecule has 0 spiro atoms. The molecule has 1 fully saturated rings. The van der Waals surface area contributed by atoms with Crippen molar-refractivity contribution in [1.82, 2.24) is 19.9 Å².